The molecule has 0 radical (unpaired) electrons. The minimum absolute atomic E-state index is 0.0685. The number of ether oxygens (including phenoxy) is 2. The number of nitrogens with one attached hydrogen (secondary N) is 2. The van der Waals surface area contributed by atoms with E-state index in [1.807, 2.05) is 6.92 Å². The van der Waals surface area contributed by atoms with E-state index in [1.54, 1.807) is 13.0 Å². The molecular formula is C15H19ClN2O5. The fourth-order valence-corrected chi connectivity index (χ4v) is 1.75. The summed E-state index contributed by atoms with van der Waals surface area (Å²) in [4.78, 5) is 35.0. The van der Waals surface area contributed by atoms with Gasteiger partial charge in [0.05, 0.1) is 7.11 Å². The summed E-state index contributed by atoms with van der Waals surface area (Å²) >= 11 is 5.82. The van der Waals surface area contributed by atoms with Gasteiger partial charge in [-0.1, -0.05) is 18.5 Å². The van der Waals surface area contributed by atoms with Crippen LogP contribution in [0.2, 0.25) is 5.02 Å². The molecule has 0 aliphatic heterocycles. The molecule has 23 heavy (non-hydrogen) atoms. The molecule has 1 aromatic rings. The van der Waals surface area contributed by atoms with Crippen LogP contribution in [0.5, 0.6) is 5.75 Å². The molecule has 0 bridgehead atoms. The van der Waals surface area contributed by atoms with Gasteiger partial charge in [0.2, 0.25) is 0 Å². The molecule has 0 saturated heterocycles. The van der Waals surface area contributed by atoms with Crippen LogP contribution in [0.15, 0.2) is 18.2 Å². The normalized spacial score (nSPS) is 11.3. The highest BCUT2D eigenvalue weighted by atomic mass is 35.5. The summed E-state index contributed by atoms with van der Waals surface area (Å²) in [5.41, 5.74) is 0.0943. The second-order valence-electron chi connectivity index (χ2n) is 4.75. The maximum absolute atomic E-state index is 11.9. The Balaban J connectivity index is 2.54. The average molecular weight is 343 g/mol. The van der Waals surface area contributed by atoms with E-state index in [1.165, 1.54) is 19.2 Å². The molecule has 0 aromatic heterocycles. The molecule has 2 N–H and O–H groups in total. The van der Waals surface area contributed by atoms with E-state index in [0.717, 1.165) is 6.42 Å². The quantitative estimate of drug-likeness (QED) is 0.772. The third-order valence-corrected chi connectivity index (χ3v) is 3.19. The molecule has 3 amide bonds. The van der Waals surface area contributed by atoms with Gasteiger partial charge in [-0.15, -0.1) is 0 Å². The number of amides is 3. The van der Waals surface area contributed by atoms with Crippen LogP contribution in [0.1, 0.15) is 30.6 Å². The van der Waals surface area contributed by atoms with Crippen molar-refractivity contribution in [1.82, 2.24) is 10.6 Å². The highest BCUT2D eigenvalue weighted by Crippen LogP contribution is 2.23. The predicted octanol–water partition coefficient (Wildman–Crippen LogP) is 2.13. The molecule has 0 unspecified atom stereocenters. The summed E-state index contributed by atoms with van der Waals surface area (Å²) in [7, 11) is 1.39. The van der Waals surface area contributed by atoms with E-state index in [9.17, 15) is 14.4 Å². The zero-order valence-electron chi connectivity index (χ0n) is 13.1. The van der Waals surface area contributed by atoms with Gasteiger partial charge in [-0.05, 0) is 31.5 Å². The van der Waals surface area contributed by atoms with Gasteiger partial charge in [-0.2, -0.15) is 0 Å². The van der Waals surface area contributed by atoms with Crippen molar-refractivity contribution in [3.05, 3.63) is 28.8 Å². The number of halogens is 1. The van der Waals surface area contributed by atoms with Crippen LogP contribution >= 0.6 is 11.6 Å². The number of carbonyl (C=O) groups excluding carboxylic acids is 3. The van der Waals surface area contributed by atoms with Crippen LogP contribution in [-0.2, 0) is 9.53 Å². The van der Waals surface area contributed by atoms with Crippen molar-refractivity contribution in [2.75, 3.05) is 13.7 Å². The molecule has 0 aliphatic rings. The third-order valence-electron chi connectivity index (χ3n) is 2.96. The molecule has 1 atom stereocenters. The van der Waals surface area contributed by atoms with Crippen LogP contribution in [0.25, 0.3) is 0 Å². The minimum atomic E-state index is -0.776. The molecule has 0 fully saturated rings. The van der Waals surface area contributed by atoms with Crippen molar-refractivity contribution in [3.8, 4) is 5.75 Å². The number of urea groups is 1. The summed E-state index contributed by atoms with van der Waals surface area (Å²) in [6, 6.07) is 3.74. The molecule has 0 saturated carbocycles. The van der Waals surface area contributed by atoms with Crippen LogP contribution in [0.3, 0.4) is 0 Å². The first-order valence-corrected chi connectivity index (χ1v) is 7.36. The van der Waals surface area contributed by atoms with E-state index in [0.29, 0.717) is 5.02 Å². The smallest absolute Gasteiger partial charge is 0.342 e. The van der Waals surface area contributed by atoms with Crippen LogP contribution in [0.4, 0.5) is 4.79 Å². The van der Waals surface area contributed by atoms with Crippen molar-refractivity contribution >= 4 is 29.5 Å². The zero-order chi connectivity index (χ0) is 17.4. The summed E-state index contributed by atoms with van der Waals surface area (Å²) < 4.78 is 9.87. The van der Waals surface area contributed by atoms with Crippen molar-refractivity contribution in [2.45, 2.75) is 26.3 Å². The molecule has 1 aromatic carbocycles. The van der Waals surface area contributed by atoms with Gasteiger partial charge in [-0.25, -0.2) is 9.59 Å². The van der Waals surface area contributed by atoms with Gasteiger partial charge in [0.1, 0.15) is 11.3 Å². The van der Waals surface area contributed by atoms with Gasteiger partial charge in [-0.3, -0.25) is 10.1 Å². The van der Waals surface area contributed by atoms with E-state index < -0.39 is 24.5 Å². The zero-order valence-corrected chi connectivity index (χ0v) is 13.9. The van der Waals surface area contributed by atoms with E-state index >= 15 is 0 Å². The molecular weight excluding hydrogens is 324 g/mol. The lowest BCUT2D eigenvalue weighted by molar-refractivity contribution is -0.123. The van der Waals surface area contributed by atoms with E-state index in [-0.39, 0.29) is 17.4 Å². The van der Waals surface area contributed by atoms with Gasteiger partial charge in [0.15, 0.2) is 6.61 Å². The predicted molar refractivity (Wildman–Crippen MR) is 84.7 cm³/mol. The molecule has 0 heterocycles. The molecule has 0 aliphatic carbocycles. The summed E-state index contributed by atoms with van der Waals surface area (Å²) in [6.07, 6.45) is 0.727. The molecule has 126 valence electrons. The van der Waals surface area contributed by atoms with E-state index in [2.05, 4.69) is 10.6 Å². The summed E-state index contributed by atoms with van der Waals surface area (Å²) in [5.74, 6) is -1.24. The number of hydrogen-bond acceptors (Lipinski definition) is 5. The largest absolute Gasteiger partial charge is 0.496 e. The SMILES string of the molecule is CC[C@H](C)NC(=O)NC(=O)COC(=O)c1cc(Cl)ccc1OC. The number of imide groups is 1. The second kappa shape index (κ2) is 8.99. The Hall–Kier alpha value is -2.28. The Morgan fingerprint density at radius 2 is 2.00 bits per heavy atom. The molecule has 1 rings (SSSR count). The van der Waals surface area contributed by atoms with Crippen molar-refractivity contribution in [2.24, 2.45) is 0 Å². The first-order chi connectivity index (χ1) is 10.9. The Morgan fingerprint density at radius 1 is 1.30 bits per heavy atom. The Kier molecular flexibility index (Phi) is 7.34. The number of methoxy groups -OCH3 is 1. The van der Waals surface area contributed by atoms with Crippen molar-refractivity contribution in [3.63, 3.8) is 0 Å². The monoisotopic (exact) mass is 342 g/mol. The number of hydrogen-bond donors (Lipinski definition) is 2. The maximum Gasteiger partial charge on any atom is 0.342 e. The molecule has 7 nitrogen and oxygen atoms in total. The van der Waals surface area contributed by atoms with Crippen LogP contribution < -0.4 is 15.4 Å². The lowest BCUT2D eigenvalue weighted by Gasteiger charge is -2.12. The number of carbonyl (C=O) groups is 3. The molecule has 0 spiro atoms. The van der Waals surface area contributed by atoms with Gasteiger partial charge in [0, 0.05) is 11.1 Å². The lowest BCUT2D eigenvalue weighted by atomic mass is 10.2. The second-order valence-corrected chi connectivity index (χ2v) is 5.19. The number of esters is 1. The van der Waals surface area contributed by atoms with Crippen LogP contribution in [0, 0.1) is 0 Å². The highest BCUT2D eigenvalue weighted by molar-refractivity contribution is 6.31. The summed E-state index contributed by atoms with van der Waals surface area (Å²) in [6.45, 7) is 3.10. The maximum atomic E-state index is 11.9. The van der Waals surface area contributed by atoms with Gasteiger partial charge < -0.3 is 14.8 Å². The van der Waals surface area contributed by atoms with E-state index in [4.69, 9.17) is 21.1 Å². The topological polar surface area (TPSA) is 93.7 Å². The first-order valence-electron chi connectivity index (χ1n) is 6.98. The first kappa shape index (κ1) is 18.8. The van der Waals surface area contributed by atoms with Gasteiger partial charge in [0.25, 0.3) is 5.91 Å². The number of benzene rings is 1. The highest BCUT2D eigenvalue weighted by Gasteiger charge is 2.17. The lowest BCUT2D eigenvalue weighted by Crippen LogP contribution is -2.44. The molecule has 8 heteroatoms. The fourth-order valence-electron chi connectivity index (χ4n) is 1.57. The number of rotatable bonds is 6. The minimum Gasteiger partial charge on any atom is -0.496 e. The standard InChI is InChI=1S/C15H19ClN2O5/c1-4-9(2)17-15(21)18-13(19)8-23-14(20)11-7-10(16)5-6-12(11)22-3/h5-7,9H,4,8H2,1-3H3,(H2,17,18,19,21)/t9-/m0/s1. The van der Waals surface area contributed by atoms with Crippen molar-refractivity contribution < 1.29 is 23.9 Å². The summed E-state index contributed by atoms with van der Waals surface area (Å²) in [5, 5.41) is 4.95. The van der Waals surface area contributed by atoms with Crippen molar-refractivity contribution in [1.29, 1.82) is 0 Å². The Labute approximate surface area is 139 Å². The van der Waals surface area contributed by atoms with Crippen LogP contribution in [-0.4, -0.2) is 37.7 Å². The van der Waals surface area contributed by atoms with Gasteiger partial charge >= 0.3 is 12.0 Å². The Bertz CT molecular complexity index is 591. The third kappa shape index (κ3) is 6.15. The fraction of sp³-hybridized carbons (Fsp3) is 0.400. The Morgan fingerprint density at radius 3 is 2.61 bits per heavy atom. The average Bonchev–Trinajstić information content (AvgIpc) is 2.52.